The molecule has 166 valence electrons. The number of guanidine groups is 1. The number of carboxylic acid groups (broad SMARTS) is 1. The van der Waals surface area contributed by atoms with E-state index in [1.54, 1.807) is 0 Å². The molecule has 0 radical (unpaired) electrons. The SMILES string of the molecule is CC(NC(=O)C(CO)NC(=O)C(CS)NC(=O)C(N)CCCN=C(N)N)C(=O)O. The highest BCUT2D eigenvalue weighted by molar-refractivity contribution is 7.80. The molecule has 4 atom stereocenters. The fraction of sp³-hybridized carbons (Fsp3) is 0.667. The maximum absolute atomic E-state index is 12.3. The molecule has 0 spiro atoms. The van der Waals surface area contributed by atoms with Gasteiger partial charge in [-0.05, 0) is 19.8 Å². The van der Waals surface area contributed by atoms with Gasteiger partial charge in [-0.1, -0.05) is 0 Å². The lowest BCUT2D eigenvalue weighted by Crippen LogP contribution is -2.58. The quantitative estimate of drug-likeness (QED) is 0.0590. The summed E-state index contributed by atoms with van der Waals surface area (Å²) in [6.07, 6.45) is 0.705. The van der Waals surface area contributed by atoms with Crippen molar-refractivity contribution in [1.29, 1.82) is 0 Å². The van der Waals surface area contributed by atoms with Crippen molar-refractivity contribution >= 4 is 42.3 Å². The zero-order valence-corrected chi connectivity index (χ0v) is 16.9. The number of aliphatic hydroxyl groups excluding tert-OH is 1. The fourth-order valence-corrected chi connectivity index (χ4v) is 2.22. The number of nitrogens with zero attached hydrogens (tertiary/aromatic N) is 1. The molecule has 13 nitrogen and oxygen atoms in total. The predicted molar refractivity (Wildman–Crippen MR) is 108 cm³/mol. The summed E-state index contributed by atoms with van der Waals surface area (Å²) < 4.78 is 0. The lowest BCUT2D eigenvalue weighted by molar-refractivity contribution is -0.142. The smallest absolute Gasteiger partial charge is 0.325 e. The molecule has 0 heterocycles. The molecule has 29 heavy (non-hydrogen) atoms. The Balaban J connectivity index is 4.72. The van der Waals surface area contributed by atoms with Crippen LogP contribution in [-0.2, 0) is 19.2 Å². The van der Waals surface area contributed by atoms with Gasteiger partial charge in [0, 0.05) is 12.3 Å². The van der Waals surface area contributed by atoms with Crippen molar-refractivity contribution in [2.45, 2.75) is 43.9 Å². The molecule has 3 amide bonds. The van der Waals surface area contributed by atoms with E-state index < -0.39 is 54.5 Å². The Kier molecular flexibility index (Phi) is 12.4. The van der Waals surface area contributed by atoms with Crippen molar-refractivity contribution in [2.24, 2.45) is 22.2 Å². The van der Waals surface area contributed by atoms with E-state index in [0.29, 0.717) is 13.0 Å². The Labute approximate surface area is 173 Å². The van der Waals surface area contributed by atoms with Gasteiger partial charge in [-0.25, -0.2) is 0 Å². The second-order valence-electron chi connectivity index (χ2n) is 6.11. The molecule has 0 saturated carbocycles. The van der Waals surface area contributed by atoms with Crippen molar-refractivity contribution in [3.05, 3.63) is 0 Å². The highest BCUT2D eigenvalue weighted by atomic mass is 32.1. The van der Waals surface area contributed by atoms with Crippen molar-refractivity contribution in [2.75, 3.05) is 18.9 Å². The van der Waals surface area contributed by atoms with Crippen LogP contribution < -0.4 is 33.2 Å². The molecule has 14 heteroatoms. The van der Waals surface area contributed by atoms with Crippen LogP contribution in [0.1, 0.15) is 19.8 Å². The average molecular weight is 436 g/mol. The Morgan fingerprint density at radius 1 is 1.03 bits per heavy atom. The van der Waals surface area contributed by atoms with Crippen LogP contribution in [0.2, 0.25) is 0 Å². The van der Waals surface area contributed by atoms with Gasteiger partial charge in [-0.15, -0.1) is 0 Å². The maximum atomic E-state index is 12.3. The molecule has 0 saturated heterocycles. The number of carbonyl (C=O) groups excluding carboxylic acids is 3. The number of aliphatic imine (C=N–C) groups is 1. The summed E-state index contributed by atoms with van der Waals surface area (Å²) in [6.45, 7) is 0.741. The first kappa shape index (κ1) is 26.4. The number of aliphatic carboxylic acids is 1. The molecular weight excluding hydrogens is 406 g/mol. The highest BCUT2D eigenvalue weighted by Gasteiger charge is 2.28. The Morgan fingerprint density at radius 2 is 1.59 bits per heavy atom. The lowest BCUT2D eigenvalue weighted by Gasteiger charge is -2.22. The zero-order valence-electron chi connectivity index (χ0n) is 16.0. The van der Waals surface area contributed by atoms with Crippen LogP contribution in [0.5, 0.6) is 0 Å². The predicted octanol–water partition coefficient (Wildman–Crippen LogP) is -4.15. The van der Waals surface area contributed by atoms with Gasteiger partial charge in [0.25, 0.3) is 0 Å². The second kappa shape index (κ2) is 13.6. The summed E-state index contributed by atoms with van der Waals surface area (Å²) in [6, 6.07) is -4.68. The molecule has 11 N–H and O–H groups in total. The molecule has 0 aliphatic carbocycles. The van der Waals surface area contributed by atoms with Crippen LogP contribution in [-0.4, -0.2) is 82.9 Å². The first-order chi connectivity index (χ1) is 13.5. The molecular formula is C15H29N7O6S. The summed E-state index contributed by atoms with van der Waals surface area (Å²) in [4.78, 5) is 50.9. The third-order valence-electron chi connectivity index (χ3n) is 3.66. The van der Waals surface area contributed by atoms with E-state index in [9.17, 15) is 24.3 Å². The van der Waals surface area contributed by atoms with E-state index in [-0.39, 0.29) is 18.1 Å². The molecule has 0 aliphatic rings. The molecule has 0 aromatic carbocycles. The number of nitrogens with two attached hydrogens (primary N) is 3. The first-order valence-electron chi connectivity index (χ1n) is 8.70. The van der Waals surface area contributed by atoms with Gasteiger partial charge in [0.15, 0.2) is 5.96 Å². The van der Waals surface area contributed by atoms with Crippen LogP contribution in [0.25, 0.3) is 0 Å². The van der Waals surface area contributed by atoms with Crippen LogP contribution in [0.15, 0.2) is 4.99 Å². The molecule has 0 bridgehead atoms. The second-order valence-corrected chi connectivity index (χ2v) is 6.48. The Bertz CT molecular complexity index is 614. The topological polar surface area (TPSA) is 235 Å². The standard InChI is InChI=1S/C15H29N7O6S/c1-7(14(27)28)20-12(25)9(5-23)21-13(26)10(6-29)22-11(24)8(16)3-2-4-19-15(17)18/h7-10,23,29H,2-6,16H2,1H3,(H,20,25)(H,21,26)(H,22,24)(H,27,28)(H4,17,18,19). The van der Waals surface area contributed by atoms with Crippen molar-refractivity contribution in [3.8, 4) is 0 Å². The molecule has 4 unspecified atom stereocenters. The monoisotopic (exact) mass is 435 g/mol. The van der Waals surface area contributed by atoms with Gasteiger partial charge in [0.1, 0.15) is 18.1 Å². The maximum Gasteiger partial charge on any atom is 0.325 e. The van der Waals surface area contributed by atoms with E-state index in [1.165, 1.54) is 6.92 Å². The summed E-state index contributed by atoms with van der Waals surface area (Å²) in [5.74, 6) is -3.77. The van der Waals surface area contributed by atoms with Crippen LogP contribution in [0, 0.1) is 0 Å². The number of amides is 3. The number of hydrogen-bond donors (Lipinski definition) is 9. The van der Waals surface area contributed by atoms with E-state index in [0.717, 1.165) is 0 Å². The number of rotatable bonds is 13. The number of carboxylic acids is 1. The third kappa shape index (κ3) is 10.5. The van der Waals surface area contributed by atoms with Gasteiger partial charge in [-0.2, -0.15) is 12.6 Å². The van der Waals surface area contributed by atoms with Gasteiger partial charge in [-0.3, -0.25) is 24.2 Å². The summed E-state index contributed by atoms with van der Waals surface area (Å²) in [5.41, 5.74) is 16.1. The van der Waals surface area contributed by atoms with E-state index in [1.807, 2.05) is 0 Å². The van der Waals surface area contributed by atoms with Crippen molar-refractivity contribution in [3.63, 3.8) is 0 Å². The third-order valence-corrected chi connectivity index (χ3v) is 4.03. The highest BCUT2D eigenvalue weighted by Crippen LogP contribution is 1.98. The molecule has 0 aromatic heterocycles. The van der Waals surface area contributed by atoms with Crippen LogP contribution >= 0.6 is 12.6 Å². The van der Waals surface area contributed by atoms with Crippen molar-refractivity contribution < 1.29 is 29.4 Å². The van der Waals surface area contributed by atoms with Gasteiger partial charge in [0.05, 0.1) is 12.6 Å². The Hall–Kier alpha value is -2.58. The number of carbonyl (C=O) groups is 4. The average Bonchev–Trinajstić information content (AvgIpc) is 2.66. The zero-order chi connectivity index (χ0) is 22.6. The normalized spacial score (nSPS) is 14.6. The summed E-state index contributed by atoms with van der Waals surface area (Å²) in [7, 11) is 0. The first-order valence-corrected chi connectivity index (χ1v) is 9.33. The number of nitrogens with one attached hydrogen (secondary N) is 3. The summed E-state index contributed by atoms with van der Waals surface area (Å²) in [5, 5.41) is 24.8. The van der Waals surface area contributed by atoms with Gasteiger partial charge in [0.2, 0.25) is 17.7 Å². The lowest BCUT2D eigenvalue weighted by atomic mass is 10.1. The van der Waals surface area contributed by atoms with E-state index in [2.05, 4.69) is 33.6 Å². The van der Waals surface area contributed by atoms with Gasteiger partial charge < -0.3 is 43.4 Å². The minimum atomic E-state index is -1.41. The molecule has 0 aliphatic heterocycles. The largest absolute Gasteiger partial charge is 0.480 e. The van der Waals surface area contributed by atoms with E-state index >= 15 is 0 Å². The van der Waals surface area contributed by atoms with Crippen LogP contribution in [0.3, 0.4) is 0 Å². The van der Waals surface area contributed by atoms with Crippen molar-refractivity contribution in [1.82, 2.24) is 16.0 Å². The van der Waals surface area contributed by atoms with Gasteiger partial charge >= 0.3 is 5.97 Å². The minimum Gasteiger partial charge on any atom is -0.480 e. The Morgan fingerprint density at radius 3 is 2.07 bits per heavy atom. The fourth-order valence-electron chi connectivity index (χ4n) is 1.97. The number of hydrogen-bond acceptors (Lipinski definition) is 8. The minimum absolute atomic E-state index is 0.0740. The van der Waals surface area contributed by atoms with E-state index in [4.69, 9.17) is 22.3 Å². The number of aliphatic hydroxyl groups is 1. The van der Waals surface area contributed by atoms with Crippen LogP contribution in [0.4, 0.5) is 0 Å². The summed E-state index contributed by atoms with van der Waals surface area (Å²) >= 11 is 3.99. The molecule has 0 aromatic rings. The number of thiol groups is 1. The molecule has 0 fully saturated rings. The molecule has 0 rings (SSSR count).